The van der Waals surface area contributed by atoms with Crippen molar-refractivity contribution in [2.45, 2.75) is 0 Å². The summed E-state index contributed by atoms with van der Waals surface area (Å²) in [4.78, 5) is 49.5. The van der Waals surface area contributed by atoms with E-state index in [4.69, 9.17) is 4.74 Å². The fraction of sp³-hybridized carbons (Fsp3) is 0.0476. The standard InChI is InChI=1S/C21H13NO5S/c23-18(11-27-21(26)17-6-3-9-28-17)22-12-7-8-15-16(10-12)20(25)14-5-2-1-4-13(14)19(15)24/h1-10H,11H2,(H,22,23). The molecule has 1 aliphatic carbocycles. The van der Waals surface area contributed by atoms with Crippen LogP contribution < -0.4 is 5.32 Å². The largest absolute Gasteiger partial charge is 0.451 e. The lowest BCUT2D eigenvalue weighted by atomic mass is 9.84. The number of carbonyl (C=O) groups excluding carboxylic acids is 4. The predicted molar refractivity (Wildman–Crippen MR) is 103 cm³/mol. The van der Waals surface area contributed by atoms with Gasteiger partial charge in [-0.15, -0.1) is 11.3 Å². The van der Waals surface area contributed by atoms with Crippen LogP contribution in [0.5, 0.6) is 0 Å². The van der Waals surface area contributed by atoms with Crippen LogP contribution in [0.4, 0.5) is 5.69 Å². The Hall–Kier alpha value is -3.58. The van der Waals surface area contributed by atoms with Crippen LogP contribution in [0.15, 0.2) is 60.0 Å². The van der Waals surface area contributed by atoms with E-state index in [1.807, 2.05) is 0 Å². The predicted octanol–water partition coefficient (Wildman–Crippen LogP) is 3.32. The van der Waals surface area contributed by atoms with Crippen LogP contribution in [-0.4, -0.2) is 30.0 Å². The van der Waals surface area contributed by atoms with E-state index in [9.17, 15) is 19.2 Å². The molecule has 28 heavy (non-hydrogen) atoms. The van der Waals surface area contributed by atoms with Crippen LogP contribution >= 0.6 is 11.3 Å². The van der Waals surface area contributed by atoms with Crippen LogP contribution in [0.1, 0.15) is 41.5 Å². The number of ether oxygens (including phenoxy) is 1. The summed E-state index contributed by atoms with van der Waals surface area (Å²) in [5.41, 5.74) is 1.59. The van der Waals surface area contributed by atoms with E-state index >= 15 is 0 Å². The van der Waals surface area contributed by atoms with E-state index in [-0.39, 0.29) is 17.1 Å². The zero-order valence-electron chi connectivity index (χ0n) is 14.4. The van der Waals surface area contributed by atoms with Crippen LogP contribution in [0.3, 0.4) is 0 Å². The second-order valence-electron chi connectivity index (χ2n) is 6.07. The van der Waals surface area contributed by atoms with Crippen molar-refractivity contribution in [3.05, 3.63) is 87.1 Å². The molecule has 1 aromatic heterocycles. The Morgan fingerprint density at radius 3 is 2.21 bits per heavy atom. The molecule has 0 spiro atoms. The minimum Gasteiger partial charge on any atom is -0.451 e. The fourth-order valence-electron chi connectivity index (χ4n) is 2.97. The minimum absolute atomic E-state index is 0.229. The molecule has 0 saturated heterocycles. The van der Waals surface area contributed by atoms with Gasteiger partial charge >= 0.3 is 5.97 Å². The van der Waals surface area contributed by atoms with Gasteiger partial charge in [0.2, 0.25) is 0 Å². The van der Waals surface area contributed by atoms with Gasteiger partial charge in [0.25, 0.3) is 5.91 Å². The minimum atomic E-state index is -0.576. The summed E-state index contributed by atoms with van der Waals surface area (Å²) < 4.78 is 4.96. The molecule has 7 heteroatoms. The van der Waals surface area contributed by atoms with Gasteiger partial charge in [0.15, 0.2) is 18.2 Å². The Morgan fingerprint density at radius 2 is 1.54 bits per heavy atom. The summed E-state index contributed by atoms with van der Waals surface area (Å²) >= 11 is 1.22. The number of amides is 1. The first kappa shape index (κ1) is 17.8. The Balaban J connectivity index is 1.48. The molecule has 0 bridgehead atoms. The number of carbonyl (C=O) groups is 4. The second-order valence-corrected chi connectivity index (χ2v) is 7.01. The summed E-state index contributed by atoms with van der Waals surface area (Å²) in [6.45, 7) is -0.455. The van der Waals surface area contributed by atoms with Crippen molar-refractivity contribution < 1.29 is 23.9 Å². The molecule has 0 saturated carbocycles. The maximum absolute atomic E-state index is 12.7. The lowest BCUT2D eigenvalue weighted by Gasteiger charge is -2.18. The van der Waals surface area contributed by atoms with E-state index in [1.54, 1.807) is 41.8 Å². The Morgan fingerprint density at radius 1 is 0.857 bits per heavy atom. The summed E-state index contributed by atoms with van der Waals surface area (Å²) in [6, 6.07) is 14.5. The van der Waals surface area contributed by atoms with Crippen LogP contribution in [0.25, 0.3) is 0 Å². The van der Waals surface area contributed by atoms with Gasteiger partial charge in [-0.05, 0) is 29.6 Å². The SMILES string of the molecule is O=C(COC(=O)c1cccs1)Nc1ccc2c(c1)C(=O)c1ccccc1C2=O. The lowest BCUT2D eigenvalue weighted by molar-refractivity contribution is -0.119. The topological polar surface area (TPSA) is 89.5 Å². The highest BCUT2D eigenvalue weighted by Gasteiger charge is 2.29. The molecule has 0 radical (unpaired) electrons. The van der Waals surface area contributed by atoms with Crippen molar-refractivity contribution in [3.63, 3.8) is 0 Å². The summed E-state index contributed by atoms with van der Waals surface area (Å²) in [5, 5.41) is 4.31. The van der Waals surface area contributed by atoms with E-state index < -0.39 is 18.5 Å². The molecule has 2 aromatic carbocycles. The molecular formula is C21H13NO5S. The van der Waals surface area contributed by atoms with Gasteiger partial charge in [-0.2, -0.15) is 0 Å². The van der Waals surface area contributed by atoms with Crippen molar-refractivity contribution in [3.8, 4) is 0 Å². The Labute approximate surface area is 163 Å². The van der Waals surface area contributed by atoms with Gasteiger partial charge in [0.05, 0.1) is 0 Å². The first-order chi connectivity index (χ1) is 13.5. The highest BCUT2D eigenvalue weighted by Crippen LogP contribution is 2.29. The number of benzene rings is 2. The van der Waals surface area contributed by atoms with E-state index in [0.717, 1.165) is 0 Å². The van der Waals surface area contributed by atoms with Crippen LogP contribution in [0, 0.1) is 0 Å². The molecule has 0 aliphatic heterocycles. The highest BCUT2D eigenvalue weighted by atomic mass is 32.1. The van der Waals surface area contributed by atoms with Crippen molar-refractivity contribution >= 4 is 40.5 Å². The molecule has 0 unspecified atom stereocenters. The monoisotopic (exact) mass is 391 g/mol. The number of esters is 1. The molecule has 138 valence electrons. The molecule has 1 aliphatic rings. The van der Waals surface area contributed by atoms with Gasteiger partial charge in [-0.1, -0.05) is 30.3 Å². The molecule has 1 N–H and O–H groups in total. The van der Waals surface area contributed by atoms with E-state index in [1.165, 1.54) is 29.5 Å². The van der Waals surface area contributed by atoms with E-state index in [2.05, 4.69) is 5.32 Å². The number of ketones is 2. The number of fused-ring (bicyclic) bond motifs is 2. The molecule has 3 aromatic rings. The Kier molecular flexibility index (Phi) is 4.58. The zero-order valence-corrected chi connectivity index (χ0v) is 15.2. The molecule has 1 amide bonds. The third-order valence-electron chi connectivity index (χ3n) is 4.27. The molecule has 0 atom stereocenters. The molecular weight excluding hydrogens is 378 g/mol. The third-order valence-corrected chi connectivity index (χ3v) is 5.12. The van der Waals surface area contributed by atoms with Crippen molar-refractivity contribution in [1.82, 2.24) is 0 Å². The number of hydrogen-bond donors (Lipinski definition) is 1. The smallest absolute Gasteiger partial charge is 0.348 e. The highest BCUT2D eigenvalue weighted by molar-refractivity contribution is 7.11. The maximum atomic E-state index is 12.7. The average molecular weight is 391 g/mol. The van der Waals surface area contributed by atoms with Gasteiger partial charge in [0, 0.05) is 27.9 Å². The van der Waals surface area contributed by atoms with Gasteiger partial charge < -0.3 is 10.1 Å². The molecule has 4 rings (SSSR count). The van der Waals surface area contributed by atoms with E-state index in [0.29, 0.717) is 27.3 Å². The number of hydrogen-bond acceptors (Lipinski definition) is 6. The average Bonchev–Trinajstić information content (AvgIpc) is 3.25. The first-order valence-corrected chi connectivity index (χ1v) is 9.25. The molecule has 0 fully saturated rings. The second kappa shape index (κ2) is 7.21. The van der Waals surface area contributed by atoms with Crippen LogP contribution in [-0.2, 0) is 9.53 Å². The van der Waals surface area contributed by atoms with Crippen molar-refractivity contribution in [2.75, 3.05) is 11.9 Å². The number of thiophene rings is 1. The van der Waals surface area contributed by atoms with Gasteiger partial charge in [-0.25, -0.2) is 4.79 Å². The van der Waals surface area contributed by atoms with Gasteiger partial charge in [0.1, 0.15) is 4.88 Å². The summed E-state index contributed by atoms with van der Waals surface area (Å²) in [5.74, 6) is -1.62. The number of anilines is 1. The fourth-order valence-corrected chi connectivity index (χ4v) is 3.59. The number of nitrogens with one attached hydrogen (secondary N) is 1. The summed E-state index contributed by atoms with van der Waals surface area (Å²) in [6.07, 6.45) is 0. The van der Waals surface area contributed by atoms with Gasteiger partial charge in [-0.3, -0.25) is 14.4 Å². The molecule has 1 heterocycles. The maximum Gasteiger partial charge on any atom is 0.348 e. The van der Waals surface area contributed by atoms with Crippen LogP contribution in [0.2, 0.25) is 0 Å². The summed E-state index contributed by atoms with van der Waals surface area (Å²) in [7, 11) is 0. The first-order valence-electron chi connectivity index (χ1n) is 8.37. The Bertz CT molecular complexity index is 1120. The third kappa shape index (κ3) is 3.23. The number of rotatable bonds is 4. The normalized spacial score (nSPS) is 12.1. The lowest BCUT2D eigenvalue weighted by Crippen LogP contribution is -2.23. The zero-order chi connectivity index (χ0) is 19.7. The van der Waals surface area contributed by atoms with Crippen molar-refractivity contribution in [2.24, 2.45) is 0 Å². The quantitative estimate of drug-likeness (QED) is 0.539. The van der Waals surface area contributed by atoms with Crippen molar-refractivity contribution in [1.29, 1.82) is 0 Å². The molecule has 6 nitrogen and oxygen atoms in total.